The van der Waals surface area contributed by atoms with E-state index < -0.39 is 5.54 Å². The molecule has 0 fully saturated rings. The Balaban J connectivity index is 3.88. The van der Waals surface area contributed by atoms with Gasteiger partial charge in [0, 0.05) is 26.4 Å². The number of carbonyl (C=O) groups excluding carboxylic acids is 1. The van der Waals surface area contributed by atoms with E-state index in [1.807, 2.05) is 13.8 Å². The summed E-state index contributed by atoms with van der Waals surface area (Å²) in [5, 5.41) is 3.18. The Morgan fingerprint density at radius 1 is 1.10 bits per heavy atom. The summed E-state index contributed by atoms with van der Waals surface area (Å²) in [5.41, 5.74) is -0.820. The fourth-order valence-electron chi connectivity index (χ4n) is 1.81. The van der Waals surface area contributed by atoms with Crippen molar-refractivity contribution >= 4 is 5.97 Å². The highest BCUT2D eigenvalue weighted by molar-refractivity contribution is 5.80. The van der Waals surface area contributed by atoms with Crippen LogP contribution in [0.5, 0.6) is 0 Å². The van der Waals surface area contributed by atoms with Crippen molar-refractivity contribution in [3.63, 3.8) is 0 Å². The molecule has 6 nitrogen and oxygen atoms in total. The molecular weight excluding hydrogens is 262 g/mol. The van der Waals surface area contributed by atoms with Crippen molar-refractivity contribution < 1.29 is 23.7 Å². The molecule has 0 radical (unpaired) electrons. The first-order chi connectivity index (χ1) is 9.46. The third-order valence-corrected chi connectivity index (χ3v) is 2.64. The zero-order chi connectivity index (χ0) is 15.4. The van der Waals surface area contributed by atoms with Gasteiger partial charge in [-0.15, -0.1) is 0 Å². The summed E-state index contributed by atoms with van der Waals surface area (Å²) >= 11 is 0. The zero-order valence-corrected chi connectivity index (χ0v) is 13.4. The van der Waals surface area contributed by atoms with Gasteiger partial charge in [-0.25, -0.2) is 4.79 Å². The van der Waals surface area contributed by atoms with Gasteiger partial charge in [0.15, 0.2) is 0 Å². The van der Waals surface area contributed by atoms with Crippen LogP contribution in [0, 0.1) is 0 Å². The second kappa shape index (κ2) is 11.0. The lowest BCUT2D eigenvalue weighted by Gasteiger charge is -2.29. The van der Waals surface area contributed by atoms with Gasteiger partial charge in [-0.05, 0) is 27.2 Å². The van der Waals surface area contributed by atoms with Gasteiger partial charge in [0.1, 0.15) is 5.54 Å². The predicted octanol–water partition coefficient (Wildman–Crippen LogP) is 0.986. The molecule has 0 saturated carbocycles. The molecule has 0 aromatic carbocycles. The highest BCUT2D eigenvalue weighted by Gasteiger charge is 2.35. The van der Waals surface area contributed by atoms with Gasteiger partial charge in [-0.3, -0.25) is 5.32 Å². The van der Waals surface area contributed by atoms with Crippen LogP contribution >= 0.6 is 0 Å². The lowest BCUT2D eigenvalue weighted by atomic mass is 10.0. The molecule has 0 aromatic rings. The lowest BCUT2D eigenvalue weighted by molar-refractivity contribution is -0.151. The van der Waals surface area contributed by atoms with Crippen molar-refractivity contribution in [2.24, 2.45) is 0 Å². The van der Waals surface area contributed by atoms with E-state index in [0.717, 1.165) is 6.42 Å². The second-order valence-corrected chi connectivity index (χ2v) is 5.13. The van der Waals surface area contributed by atoms with Crippen molar-refractivity contribution in [3.05, 3.63) is 0 Å². The standard InChI is InChI=1S/C14H29NO5/c1-12(2)15-14(3,13(16)18-5)11-20-8-6-7-19-10-9-17-4/h12,15H,6-11H2,1-5H3. The maximum atomic E-state index is 11.8. The summed E-state index contributed by atoms with van der Waals surface area (Å²) in [7, 11) is 3.02. The molecule has 0 saturated heterocycles. The quantitative estimate of drug-likeness (QED) is 0.427. The molecule has 20 heavy (non-hydrogen) atoms. The van der Waals surface area contributed by atoms with Crippen LogP contribution in [-0.4, -0.2) is 64.8 Å². The molecule has 0 aromatic heterocycles. The zero-order valence-electron chi connectivity index (χ0n) is 13.4. The van der Waals surface area contributed by atoms with Gasteiger partial charge >= 0.3 is 5.97 Å². The first-order valence-corrected chi connectivity index (χ1v) is 6.97. The van der Waals surface area contributed by atoms with E-state index in [9.17, 15) is 4.79 Å². The minimum Gasteiger partial charge on any atom is -0.468 e. The average Bonchev–Trinajstić information content (AvgIpc) is 2.40. The highest BCUT2D eigenvalue weighted by Crippen LogP contribution is 2.09. The molecule has 120 valence electrons. The molecule has 0 rings (SSSR count). The molecule has 0 bridgehead atoms. The van der Waals surface area contributed by atoms with E-state index >= 15 is 0 Å². The van der Waals surface area contributed by atoms with Crippen molar-refractivity contribution in [2.75, 3.05) is 47.3 Å². The number of rotatable bonds is 12. The molecule has 6 heteroatoms. The number of ether oxygens (including phenoxy) is 4. The maximum absolute atomic E-state index is 11.8. The summed E-state index contributed by atoms with van der Waals surface area (Å²) in [6.45, 7) is 8.36. The number of methoxy groups -OCH3 is 2. The van der Waals surface area contributed by atoms with Crippen LogP contribution in [0.2, 0.25) is 0 Å². The third kappa shape index (κ3) is 8.47. The van der Waals surface area contributed by atoms with Crippen LogP contribution in [-0.2, 0) is 23.7 Å². The van der Waals surface area contributed by atoms with Crippen LogP contribution in [0.3, 0.4) is 0 Å². The minimum absolute atomic E-state index is 0.167. The van der Waals surface area contributed by atoms with Gasteiger partial charge in [0.05, 0.1) is 26.9 Å². The molecule has 0 aliphatic heterocycles. The van der Waals surface area contributed by atoms with E-state index in [1.54, 1.807) is 14.0 Å². The van der Waals surface area contributed by atoms with Crippen molar-refractivity contribution in [1.29, 1.82) is 0 Å². The topological polar surface area (TPSA) is 66.0 Å². The lowest BCUT2D eigenvalue weighted by Crippen LogP contribution is -2.56. The molecule has 0 spiro atoms. The number of hydrogen-bond acceptors (Lipinski definition) is 6. The van der Waals surface area contributed by atoms with Crippen LogP contribution in [0.4, 0.5) is 0 Å². The van der Waals surface area contributed by atoms with Crippen molar-refractivity contribution in [1.82, 2.24) is 5.32 Å². The molecule has 0 aliphatic carbocycles. The number of carbonyl (C=O) groups is 1. The summed E-state index contributed by atoms with van der Waals surface area (Å²) in [4.78, 5) is 11.8. The summed E-state index contributed by atoms with van der Waals surface area (Å²) in [6.07, 6.45) is 0.780. The number of hydrogen-bond donors (Lipinski definition) is 1. The third-order valence-electron chi connectivity index (χ3n) is 2.64. The van der Waals surface area contributed by atoms with Gasteiger partial charge in [0.25, 0.3) is 0 Å². The Bertz CT molecular complexity index is 260. The maximum Gasteiger partial charge on any atom is 0.328 e. The van der Waals surface area contributed by atoms with E-state index in [0.29, 0.717) is 26.4 Å². The van der Waals surface area contributed by atoms with Crippen LogP contribution < -0.4 is 5.32 Å². The molecular formula is C14H29NO5. The molecule has 0 aliphatic rings. The highest BCUT2D eigenvalue weighted by atomic mass is 16.5. The Morgan fingerprint density at radius 3 is 2.30 bits per heavy atom. The van der Waals surface area contributed by atoms with E-state index in [1.165, 1.54) is 7.11 Å². The Morgan fingerprint density at radius 2 is 1.75 bits per heavy atom. The fourth-order valence-corrected chi connectivity index (χ4v) is 1.81. The molecule has 1 unspecified atom stereocenters. The molecule has 0 heterocycles. The smallest absolute Gasteiger partial charge is 0.328 e. The van der Waals surface area contributed by atoms with Crippen LogP contribution in [0.25, 0.3) is 0 Å². The van der Waals surface area contributed by atoms with Gasteiger partial charge < -0.3 is 18.9 Å². The number of nitrogens with one attached hydrogen (secondary N) is 1. The SMILES string of the molecule is COCCOCCCOCC(C)(NC(C)C)C(=O)OC. The predicted molar refractivity (Wildman–Crippen MR) is 76.8 cm³/mol. The molecule has 0 amide bonds. The summed E-state index contributed by atoms with van der Waals surface area (Å²) in [6, 6.07) is 0.167. The van der Waals surface area contributed by atoms with Gasteiger partial charge in [-0.2, -0.15) is 0 Å². The van der Waals surface area contributed by atoms with Gasteiger partial charge in [-0.1, -0.05) is 0 Å². The normalized spacial score (nSPS) is 14.3. The van der Waals surface area contributed by atoms with E-state index in [2.05, 4.69) is 5.32 Å². The molecule has 1 atom stereocenters. The first-order valence-electron chi connectivity index (χ1n) is 6.97. The van der Waals surface area contributed by atoms with E-state index in [-0.39, 0.29) is 18.6 Å². The largest absolute Gasteiger partial charge is 0.468 e. The monoisotopic (exact) mass is 291 g/mol. The first kappa shape index (κ1) is 19.3. The minimum atomic E-state index is -0.820. The van der Waals surface area contributed by atoms with Crippen molar-refractivity contribution in [2.45, 2.75) is 38.8 Å². The van der Waals surface area contributed by atoms with Crippen LogP contribution in [0.15, 0.2) is 0 Å². The Labute approximate surface area is 122 Å². The fraction of sp³-hybridized carbons (Fsp3) is 0.929. The van der Waals surface area contributed by atoms with E-state index in [4.69, 9.17) is 18.9 Å². The van der Waals surface area contributed by atoms with Crippen molar-refractivity contribution in [3.8, 4) is 0 Å². The van der Waals surface area contributed by atoms with Gasteiger partial charge in [0.2, 0.25) is 0 Å². The summed E-state index contributed by atoms with van der Waals surface area (Å²) in [5.74, 6) is -0.317. The van der Waals surface area contributed by atoms with Crippen LogP contribution in [0.1, 0.15) is 27.2 Å². The Hall–Kier alpha value is -0.690. The summed E-state index contributed by atoms with van der Waals surface area (Å²) < 4.78 is 20.6. The Kier molecular flexibility index (Phi) is 10.6. The number of esters is 1. The second-order valence-electron chi connectivity index (χ2n) is 5.13. The molecule has 1 N–H and O–H groups in total. The average molecular weight is 291 g/mol.